The van der Waals surface area contributed by atoms with E-state index >= 15 is 0 Å². The quantitative estimate of drug-likeness (QED) is 0.553. The van der Waals surface area contributed by atoms with Crippen molar-refractivity contribution in [3.05, 3.63) is 0 Å². The summed E-state index contributed by atoms with van der Waals surface area (Å²) in [5.74, 6) is 5.35. The highest BCUT2D eigenvalue weighted by Crippen LogP contribution is 2.16. The molecule has 5 heteroatoms. The Labute approximate surface area is 90.5 Å². The van der Waals surface area contributed by atoms with Gasteiger partial charge in [0.25, 0.3) is 0 Å². The number of hydrogen-bond acceptors (Lipinski definition) is 4. The first-order valence-electron chi connectivity index (χ1n) is 5.51. The van der Waals surface area contributed by atoms with Gasteiger partial charge in [-0.1, -0.05) is 13.3 Å². The van der Waals surface area contributed by atoms with E-state index in [9.17, 15) is 4.79 Å². The number of hydrogen-bond donors (Lipinski definition) is 1. The van der Waals surface area contributed by atoms with E-state index in [1.54, 1.807) is 4.90 Å². The molecule has 0 aliphatic carbocycles. The molecule has 0 spiro atoms. The maximum Gasteiger partial charge on any atom is 0.409 e. The van der Waals surface area contributed by atoms with E-state index in [1.807, 2.05) is 0 Å². The van der Waals surface area contributed by atoms with Crippen LogP contribution in [0.25, 0.3) is 0 Å². The van der Waals surface area contributed by atoms with E-state index in [4.69, 9.17) is 10.6 Å². The lowest BCUT2D eigenvalue weighted by Gasteiger charge is -2.15. The second-order valence-corrected chi connectivity index (χ2v) is 3.90. The minimum absolute atomic E-state index is 0.206. The van der Waals surface area contributed by atoms with Gasteiger partial charge in [-0.15, -0.1) is 0 Å². The van der Waals surface area contributed by atoms with E-state index in [-0.39, 0.29) is 6.09 Å². The van der Waals surface area contributed by atoms with Gasteiger partial charge in [0.15, 0.2) is 0 Å². The highest BCUT2D eigenvalue weighted by Gasteiger charge is 2.26. The monoisotopic (exact) mass is 216 g/mol. The zero-order valence-electron chi connectivity index (χ0n) is 9.28. The number of carbonyl (C=O) groups is 1. The number of likely N-dealkylation sites (tertiary alicyclic amines) is 1. The molecular weight excluding hydrogens is 196 g/mol. The van der Waals surface area contributed by atoms with Gasteiger partial charge < -0.3 is 14.5 Å². The van der Waals surface area contributed by atoms with Gasteiger partial charge in [-0.05, 0) is 12.8 Å². The summed E-state index contributed by atoms with van der Waals surface area (Å²) >= 11 is 0. The summed E-state index contributed by atoms with van der Waals surface area (Å²) in [5.41, 5.74) is 0. The zero-order valence-corrected chi connectivity index (χ0v) is 9.28. The van der Waals surface area contributed by atoms with E-state index in [0.717, 1.165) is 25.8 Å². The second kappa shape index (κ2) is 6.63. The molecule has 88 valence electrons. The number of amides is 1. The van der Waals surface area contributed by atoms with Crippen LogP contribution in [-0.4, -0.2) is 37.3 Å². The zero-order chi connectivity index (χ0) is 11.1. The SMILES string of the molecule is CCCCOC(=O)N1CCC(CON)C1. The van der Waals surface area contributed by atoms with Crippen LogP contribution in [0, 0.1) is 5.92 Å². The van der Waals surface area contributed by atoms with Crippen molar-refractivity contribution in [1.82, 2.24) is 4.90 Å². The predicted molar refractivity (Wildman–Crippen MR) is 56.1 cm³/mol. The molecule has 2 N–H and O–H groups in total. The fraction of sp³-hybridized carbons (Fsp3) is 0.900. The van der Waals surface area contributed by atoms with Crippen LogP contribution in [0.15, 0.2) is 0 Å². The van der Waals surface area contributed by atoms with Crippen molar-refractivity contribution in [2.45, 2.75) is 26.2 Å². The Morgan fingerprint density at radius 2 is 2.40 bits per heavy atom. The lowest BCUT2D eigenvalue weighted by molar-refractivity contribution is 0.0921. The van der Waals surface area contributed by atoms with Crippen LogP contribution < -0.4 is 5.90 Å². The molecule has 0 aromatic rings. The Morgan fingerprint density at radius 1 is 1.60 bits per heavy atom. The van der Waals surface area contributed by atoms with Gasteiger partial charge in [-0.2, -0.15) is 0 Å². The standard InChI is InChI=1S/C10H20N2O3/c1-2-3-6-14-10(13)12-5-4-9(7-12)8-15-11/h9H,2-8,11H2,1H3. The summed E-state index contributed by atoms with van der Waals surface area (Å²) in [4.78, 5) is 17.8. The highest BCUT2D eigenvalue weighted by molar-refractivity contribution is 5.67. The molecule has 15 heavy (non-hydrogen) atoms. The molecular formula is C10H20N2O3. The summed E-state index contributed by atoms with van der Waals surface area (Å²) in [6.45, 7) is 4.54. The average Bonchev–Trinajstić information content (AvgIpc) is 2.67. The second-order valence-electron chi connectivity index (χ2n) is 3.90. The molecule has 0 saturated carbocycles. The highest BCUT2D eigenvalue weighted by atomic mass is 16.6. The largest absolute Gasteiger partial charge is 0.449 e. The van der Waals surface area contributed by atoms with Crippen LogP contribution in [0.2, 0.25) is 0 Å². The molecule has 1 aliphatic rings. The first kappa shape index (κ1) is 12.3. The molecule has 0 radical (unpaired) electrons. The van der Waals surface area contributed by atoms with E-state index in [2.05, 4.69) is 11.8 Å². The molecule has 0 aromatic heterocycles. The third kappa shape index (κ3) is 4.05. The molecule has 0 aromatic carbocycles. The molecule has 1 atom stereocenters. The molecule has 1 unspecified atom stereocenters. The van der Waals surface area contributed by atoms with Gasteiger partial charge >= 0.3 is 6.09 Å². The first-order chi connectivity index (χ1) is 7.27. The maximum atomic E-state index is 11.5. The summed E-state index contributed by atoms with van der Waals surface area (Å²) in [5, 5.41) is 0. The lowest BCUT2D eigenvalue weighted by atomic mass is 10.1. The van der Waals surface area contributed by atoms with E-state index < -0.39 is 0 Å². The van der Waals surface area contributed by atoms with Crippen molar-refractivity contribution in [2.75, 3.05) is 26.3 Å². The summed E-state index contributed by atoms with van der Waals surface area (Å²) in [6, 6.07) is 0. The topological polar surface area (TPSA) is 64.8 Å². The molecule has 1 saturated heterocycles. The summed E-state index contributed by atoms with van der Waals surface area (Å²) < 4.78 is 5.11. The summed E-state index contributed by atoms with van der Waals surface area (Å²) in [7, 11) is 0. The van der Waals surface area contributed by atoms with Gasteiger partial charge in [0, 0.05) is 19.0 Å². The smallest absolute Gasteiger partial charge is 0.409 e. The van der Waals surface area contributed by atoms with E-state index in [0.29, 0.717) is 25.7 Å². The van der Waals surface area contributed by atoms with Crippen LogP contribution in [-0.2, 0) is 9.57 Å². The van der Waals surface area contributed by atoms with Gasteiger partial charge in [0.05, 0.1) is 13.2 Å². The van der Waals surface area contributed by atoms with Crippen LogP contribution >= 0.6 is 0 Å². The predicted octanol–water partition coefficient (Wildman–Crippen LogP) is 1.14. The number of nitrogens with zero attached hydrogens (tertiary/aromatic N) is 1. The van der Waals surface area contributed by atoms with Crippen molar-refractivity contribution in [3.8, 4) is 0 Å². The molecule has 1 fully saturated rings. The fourth-order valence-corrected chi connectivity index (χ4v) is 1.67. The van der Waals surface area contributed by atoms with Crippen LogP contribution in [0.5, 0.6) is 0 Å². The minimum Gasteiger partial charge on any atom is -0.449 e. The van der Waals surface area contributed by atoms with Crippen molar-refractivity contribution < 1.29 is 14.4 Å². The maximum absolute atomic E-state index is 11.5. The third-order valence-corrected chi connectivity index (χ3v) is 2.60. The number of unbranched alkanes of at least 4 members (excludes halogenated alkanes) is 1. The van der Waals surface area contributed by atoms with Gasteiger partial charge in [-0.3, -0.25) is 0 Å². The fourth-order valence-electron chi connectivity index (χ4n) is 1.67. The van der Waals surface area contributed by atoms with Crippen LogP contribution in [0.3, 0.4) is 0 Å². The number of ether oxygens (including phenoxy) is 1. The summed E-state index contributed by atoms with van der Waals surface area (Å²) in [6.07, 6.45) is 2.70. The Hall–Kier alpha value is -0.810. The molecule has 1 amide bonds. The number of rotatable bonds is 5. The van der Waals surface area contributed by atoms with Gasteiger partial charge in [-0.25, -0.2) is 10.7 Å². The van der Waals surface area contributed by atoms with Crippen molar-refractivity contribution >= 4 is 6.09 Å². The Bertz CT molecular complexity index is 199. The van der Waals surface area contributed by atoms with Gasteiger partial charge in [0.1, 0.15) is 0 Å². The number of carbonyl (C=O) groups excluding carboxylic acids is 1. The molecule has 1 heterocycles. The van der Waals surface area contributed by atoms with Crippen LogP contribution in [0.1, 0.15) is 26.2 Å². The Morgan fingerprint density at radius 3 is 3.07 bits per heavy atom. The van der Waals surface area contributed by atoms with Gasteiger partial charge in [0.2, 0.25) is 0 Å². The molecule has 1 aliphatic heterocycles. The van der Waals surface area contributed by atoms with E-state index in [1.165, 1.54) is 0 Å². The normalized spacial score (nSPS) is 20.7. The van der Waals surface area contributed by atoms with Crippen LogP contribution in [0.4, 0.5) is 4.79 Å². The van der Waals surface area contributed by atoms with Crippen molar-refractivity contribution in [3.63, 3.8) is 0 Å². The first-order valence-corrected chi connectivity index (χ1v) is 5.51. The minimum atomic E-state index is -0.206. The Kier molecular flexibility index (Phi) is 5.42. The Balaban J connectivity index is 2.18. The molecule has 0 bridgehead atoms. The average molecular weight is 216 g/mol. The molecule has 5 nitrogen and oxygen atoms in total. The number of nitrogens with two attached hydrogens (primary N) is 1. The van der Waals surface area contributed by atoms with Crippen molar-refractivity contribution in [2.24, 2.45) is 11.8 Å². The molecule has 1 rings (SSSR count). The third-order valence-electron chi connectivity index (χ3n) is 2.60. The lowest BCUT2D eigenvalue weighted by Crippen LogP contribution is -2.30. The van der Waals surface area contributed by atoms with Crippen molar-refractivity contribution in [1.29, 1.82) is 0 Å².